The number of aromatic nitrogens is 1. The molecular formula is C14H21N3O2. The Balaban J connectivity index is 1.82. The minimum Gasteiger partial charge on any atom is -0.376 e. The lowest BCUT2D eigenvalue weighted by molar-refractivity contribution is 0.0838. The Kier molecular flexibility index (Phi) is 4.74. The highest BCUT2D eigenvalue weighted by Crippen LogP contribution is 2.15. The zero-order valence-electron chi connectivity index (χ0n) is 11.5. The van der Waals surface area contributed by atoms with Gasteiger partial charge in [0.1, 0.15) is 0 Å². The molecule has 1 aromatic heterocycles. The lowest BCUT2D eigenvalue weighted by Crippen LogP contribution is -2.46. The molecule has 1 saturated heterocycles. The molecule has 1 aliphatic rings. The zero-order valence-corrected chi connectivity index (χ0v) is 11.5. The molecule has 5 heteroatoms. The summed E-state index contributed by atoms with van der Waals surface area (Å²) in [5.74, 6) is 0. The van der Waals surface area contributed by atoms with E-state index in [0.717, 1.165) is 25.0 Å². The third-order valence-electron chi connectivity index (χ3n) is 3.39. The molecule has 1 aromatic rings. The van der Waals surface area contributed by atoms with E-state index >= 15 is 0 Å². The number of carbonyl (C=O) groups excluding carboxylic acids is 1. The first-order valence-corrected chi connectivity index (χ1v) is 6.69. The normalized spacial score (nSPS) is 20.0. The van der Waals surface area contributed by atoms with E-state index in [-0.39, 0.29) is 18.2 Å². The monoisotopic (exact) mass is 263 g/mol. The van der Waals surface area contributed by atoms with Crippen LogP contribution in [0.5, 0.6) is 0 Å². The average molecular weight is 263 g/mol. The molecule has 2 heterocycles. The van der Waals surface area contributed by atoms with Gasteiger partial charge < -0.3 is 15.0 Å². The van der Waals surface area contributed by atoms with Crippen LogP contribution in [-0.2, 0) is 11.3 Å². The maximum absolute atomic E-state index is 12.1. The summed E-state index contributed by atoms with van der Waals surface area (Å²) < 4.78 is 5.57. The molecular weight excluding hydrogens is 242 g/mol. The van der Waals surface area contributed by atoms with Gasteiger partial charge >= 0.3 is 6.03 Å². The Bertz CT molecular complexity index is 404. The summed E-state index contributed by atoms with van der Waals surface area (Å²) >= 11 is 0. The van der Waals surface area contributed by atoms with Crippen molar-refractivity contribution >= 4 is 6.03 Å². The fourth-order valence-corrected chi connectivity index (χ4v) is 2.23. The summed E-state index contributed by atoms with van der Waals surface area (Å²) in [6.45, 7) is 3.37. The standard InChI is InChI=1S/C14H21N3O2/c1-11(13-4-3-9-19-13)16-14(18)17(2)10-12-5-7-15-8-6-12/h5-8,11,13H,3-4,9-10H2,1-2H3,(H,16,18)/t11-,13+/m1/s1. The minimum absolute atomic E-state index is 0.0508. The van der Waals surface area contributed by atoms with E-state index in [1.54, 1.807) is 24.3 Å². The summed E-state index contributed by atoms with van der Waals surface area (Å²) in [6, 6.07) is 3.80. The minimum atomic E-state index is -0.0696. The van der Waals surface area contributed by atoms with Crippen molar-refractivity contribution in [2.24, 2.45) is 0 Å². The van der Waals surface area contributed by atoms with Crippen LogP contribution < -0.4 is 5.32 Å². The number of rotatable bonds is 4. The molecule has 0 aromatic carbocycles. The molecule has 1 fully saturated rings. The van der Waals surface area contributed by atoms with Crippen LogP contribution in [0.15, 0.2) is 24.5 Å². The first kappa shape index (κ1) is 13.8. The third-order valence-corrected chi connectivity index (χ3v) is 3.39. The Morgan fingerprint density at radius 2 is 2.32 bits per heavy atom. The Morgan fingerprint density at radius 3 is 2.95 bits per heavy atom. The van der Waals surface area contributed by atoms with Crippen LogP contribution in [0.4, 0.5) is 4.79 Å². The predicted octanol–water partition coefficient (Wildman–Crippen LogP) is 1.79. The van der Waals surface area contributed by atoms with Gasteiger partial charge in [-0.25, -0.2) is 4.79 Å². The first-order valence-electron chi connectivity index (χ1n) is 6.69. The van der Waals surface area contributed by atoms with Crippen LogP contribution in [0, 0.1) is 0 Å². The topological polar surface area (TPSA) is 54.5 Å². The van der Waals surface area contributed by atoms with Gasteiger partial charge in [0.25, 0.3) is 0 Å². The number of nitrogens with zero attached hydrogens (tertiary/aromatic N) is 2. The molecule has 0 bridgehead atoms. The molecule has 1 N–H and O–H groups in total. The second kappa shape index (κ2) is 6.52. The van der Waals surface area contributed by atoms with Crippen molar-refractivity contribution in [1.82, 2.24) is 15.2 Å². The molecule has 19 heavy (non-hydrogen) atoms. The van der Waals surface area contributed by atoms with Gasteiger partial charge in [0.2, 0.25) is 0 Å². The van der Waals surface area contributed by atoms with Gasteiger partial charge in [-0.2, -0.15) is 0 Å². The van der Waals surface area contributed by atoms with Gasteiger partial charge in [0.15, 0.2) is 0 Å². The largest absolute Gasteiger partial charge is 0.376 e. The molecule has 0 aliphatic carbocycles. The highest BCUT2D eigenvalue weighted by molar-refractivity contribution is 5.74. The van der Waals surface area contributed by atoms with Crippen molar-refractivity contribution < 1.29 is 9.53 Å². The highest BCUT2D eigenvalue weighted by atomic mass is 16.5. The van der Waals surface area contributed by atoms with Crippen molar-refractivity contribution in [2.75, 3.05) is 13.7 Å². The number of nitrogens with one attached hydrogen (secondary N) is 1. The van der Waals surface area contributed by atoms with E-state index in [2.05, 4.69) is 10.3 Å². The summed E-state index contributed by atoms with van der Waals surface area (Å²) in [7, 11) is 1.79. The van der Waals surface area contributed by atoms with Gasteiger partial charge in [0.05, 0.1) is 12.1 Å². The number of carbonyl (C=O) groups is 1. The number of ether oxygens (including phenoxy) is 1. The van der Waals surface area contributed by atoms with Crippen molar-refractivity contribution in [1.29, 1.82) is 0 Å². The number of hydrogen-bond donors (Lipinski definition) is 1. The molecule has 0 spiro atoms. The fourth-order valence-electron chi connectivity index (χ4n) is 2.23. The second-order valence-electron chi connectivity index (χ2n) is 5.00. The van der Waals surface area contributed by atoms with E-state index in [4.69, 9.17) is 4.74 Å². The van der Waals surface area contributed by atoms with Gasteiger partial charge in [-0.3, -0.25) is 4.98 Å². The van der Waals surface area contributed by atoms with Crippen LogP contribution in [0.2, 0.25) is 0 Å². The average Bonchev–Trinajstić information content (AvgIpc) is 2.93. The van der Waals surface area contributed by atoms with E-state index in [9.17, 15) is 4.79 Å². The molecule has 2 amide bonds. The summed E-state index contributed by atoms with van der Waals surface area (Å²) in [5.41, 5.74) is 1.07. The van der Waals surface area contributed by atoms with Crippen LogP contribution in [-0.4, -0.2) is 41.7 Å². The lowest BCUT2D eigenvalue weighted by Gasteiger charge is -2.24. The summed E-state index contributed by atoms with van der Waals surface area (Å²) in [5, 5.41) is 2.99. The molecule has 0 saturated carbocycles. The van der Waals surface area contributed by atoms with Crippen LogP contribution >= 0.6 is 0 Å². The van der Waals surface area contributed by atoms with Crippen molar-refractivity contribution in [3.05, 3.63) is 30.1 Å². The van der Waals surface area contributed by atoms with Gasteiger partial charge in [-0.1, -0.05) is 0 Å². The van der Waals surface area contributed by atoms with Gasteiger partial charge in [-0.15, -0.1) is 0 Å². The van der Waals surface area contributed by atoms with E-state index in [1.165, 1.54) is 0 Å². The van der Waals surface area contributed by atoms with Gasteiger partial charge in [-0.05, 0) is 37.5 Å². The molecule has 2 atom stereocenters. The maximum Gasteiger partial charge on any atom is 0.317 e. The van der Waals surface area contributed by atoms with E-state index < -0.39 is 0 Å². The predicted molar refractivity (Wildman–Crippen MR) is 72.7 cm³/mol. The molecule has 5 nitrogen and oxygen atoms in total. The van der Waals surface area contributed by atoms with Crippen LogP contribution in [0.25, 0.3) is 0 Å². The fraction of sp³-hybridized carbons (Fsp3) is 0.571. The first-order chi connectivity index (χ1) is 9.16. The number of pyridine rings is 1. The number of hydrogen-bond acceptors (Lipinski definition) is 3. The molecule has 0 radical (unpaired) electrons. The molecule has 0 unspecified atom stereocenters. The molecule has 104 valence electrons. The Hall–Kier alpha value is -1.62. The highest BCUT2D eigenvalue weighted by Gasteiger charge is 2.24. The van der Waals surface area contributed by atoms with Crippen LogP contribution in [0.1, 0.15) is 25.3 Å². The molecule has 1 aliphatic heterocycles. The van der Waals surface area contributed by atoms with Crippen molar-refractivity contribution in [3.8, 4) is 0 Å². The Morgan fingerprint density at radius 1 is 1.58 bits per heavy atom. The Labute approximate surface area is 114 Å². The smallest absolute Gasteiger partial charge is 0.317 e. The van der Waals surface area contributed by atoms with Crippen LogP contribution in [0.3, 0.4) is 0 Å². The van der Waals surface area contributed by atoms with Gasteiger partial charge in [0, 0.05) is 32.6 Å². The number of amides is 2. The third kappa shape index (κ3) is 3.92. The lowest BCUT2D eigenvalue weighted by atomic mass is 10.1. The number of urea groups is 1. The maximum atomic E-state index is 12.1. The second-order valence-corrected chi connectivity index (χ2v) is 5.00. The summed E-state index contributed by atoms with van der Waals surface area (Å²) in [4.78, 5) is 17.7. The quantitative estimate of drug-likeness (QED) is 0.901. The van der Waals surface area contributed by atoms with Crippen molar-refractivity contribution in [3.63, 3.8) is 0 Å². The van der Waals surface area contributed by atoms with E-state index in [1.807, 2.05) is 19.1 Å². The van der Waals surface area contributed by atoms with Crippen molar-refractivity contribution in [2.45, 2.75) is 38.5 Å². The summed E-state index contributed by atoms with van der Waals surface area (Å²) in [6.07, 6.45) is 5.72. The SMILES string of the molecule is C[C@@H](NC(=O)N(C)Cc1ccncc1)[C@@H]1CCCO1. The van der Waals surface area contributed by atoms with E-state index in [0.29, 0.717) is 6.54 Å². The molecule has 2 rings (SSSR count). The zero-order chi connectivity index (χ0) is 13.7.